The first-order valence-corrected chi connectivity index (χ1v) is 4.98. The molecule has 0 amide bonds. The van der Waals surface area contributed by atoms with E-state index < -0.39 is 4.92 Å². The largest absolute Gasteiger partial charge is 0.497 e. The second-order valence-corrected chi connectivity index (χ2v) is 3.41. The molecule has 1 heterocycles. The number of hydrogen-bond acceptors (Lipinski definition) is 7. The van der Waals surface area contributed by atoms with E-state index in [1.807, 2.05) is 0 Å². The monoisotopic (exact) mass is 247 g/mol. The Balaban J connectivity index is 2.56. The van der Waals surface area contributed by atoms with Crippen LogP contribution in [-0.2, 0) is 0 Å². The number of benzene rings is 1. The summed E-state index contributed by atoms with van der Waals surface area (Å²) in [5.41, 5.74) is 0.0996. The Hall–Kier alpha value is -2.64. The first-order valence-electron chi connectivity index (χ1n) is 4.98. The van der Waals surface area contributed by atoms with Crippen LogP contribution in [0.15, 0.2) is 18.2 Å². The second kappa shape index (κ2) is 4.70. The number of nitro groups is 1. The van der Waals surface area contributed by atoms with Gasteiger partial charge in [-0.1, -0.05) is 0 Å². The lowest BCUT2D eigenvalue weighted by atomic mass is 10.1. The summed E-state index contributed by atoms with van der Waals surface area (Å²) in [6.45, 7) is 1.63. The van der Waals surface area contributed by atoms with Gasteiger partial charge in [-0.2, -0.15) is 0 Å². The smallest absolute Gasteiger partial charge is 0.284 e. The van der Waals surface area contributed by atoms with Crippen molar-refractivity contribution in [1.82, 2.24) is 20.4 Å². The van der Waals surface area contributed by atoms with Crippen LogP contribution in [0.5, 0.6) is 5.75 Å². The summed E-state index contributed by atoms with van der Waals surface area (Å²) in [5, 5.41) is 26.0. The normalized spacial score (nSPS) is 10.1. The molecule has 0 saturated heterocycles. The zero-order chi connectivity index (χ0) is 13.1. The molecule has 0 aliphatic carbocycles. The van der Waals surface area contributed by atoms with E-state index >= 15 is 0 Å². The minimum atomic E-state index is -0.527. The number of nitro benzene ring substituents is 1. The van der Waals surface area contributed by atoms with Crippen molar-refractivity contribution in [2.45, 2.75) is 6.92 Å². The fourth-order valence-electron chi connectivity index (χ4n) is 1.37. The van der Waals surface area contributed by atoms with Crippen LogP contribution in [0.1, 0.15) is 5.82 Å². The summed E-state index contributed by atoms with van der Waals surface area (Å²) in [6, 6.07) is 4.40. The predicted octanol–water partition coefficient (Wildman–Crippen LogP) is 1.16. The Morgan fingerprint density at radius 2 is 1.89 bits per heavy atom. The lowest BCUT2D eigenvalue weighted by Gasteiger charge is -2.03. The van der Waals surface area contributed by atoms with Crippen LogP contribution in [0.2, 0.25) is 0 Å². The van der Waals surface area contributed by atoms with Crippen molar-refractivity contribution < 1.29 is 9.66 Å². The van der Waals surface area contributed by atoms with E-state index in [1.165, 1.54) is 19.2 Å². The predicted molar refractivity (Wildman–Crippen MR) is 61.0 cm³/mol. The summed E-state index contributed by atoms with van der Waals surface area (Å²) in [6.07, 6.45) is 0. The molecule has 0 spiro atoms. The lowest BCUT2D eigenvalue weighted by molar-refractivity contribution is -0.384. The third kappa shape index (κ3) is 2.21. The Morgan fingerprint density at radius 3 is 2.44 bits per heavy atom. The molecule has 0 N–H and O–H groups in total. The summed E-state index contributed by atoms with van der Waals surface area (Å²) in [5.74, 6) is 0.892. The summed E-state index contributed by atoms with van der Waals surface area (Å²) >= 11 is 0. The van der Waals surface area contributed by atoms with Crippen LogP contribution in [-0.4, -0.2) is 32.4 Å². The Kier molecular flexibility index (Phi) is 3.09. The van der Waals surface area contributed by atoms with Crippen molar-refractivity contribution >= 4 is 5.69 Å². The fraction of sp³-hybridized carbons (Fsp3) is 0.200. The van der Waals surface area contributed by atoms with Gasteiger partial charge in [-0.15, -0.1) is 20.4 Å². The summed E-state index contributed by atoms with van der Waals surface area (Å²) in [4.78, 5) is 10.5. The molecule has 0 aliphatic rings. The molecule has 0 saturated carbocycles. The van der Waals surface area contributed by atoms with E-state index in [1.54, 1.807) is 13.0 Å². The highest BCUT2D eigenvalue weighted by Gasteiger charge is 2.19. The van der Waals surface area contributed by atoms with Crippen molar-refractivity contribution in [3.05, 3.63) is 34.1 Å². The first-order chi connectivity index (χ1) is 8.61. The maximum atomic E-state index is 11.0. The molecular formula is C10H9N5O3. The zero-order valence-corrected chi connectivity index (χ0v) is 9.69. The van der Waals surface area contributed by atoms with Crippen molar-refractivity contribution in [1.29, 1.82) is 0 Å². The van der Waals surface area contributed by atoms with Gasteiger partial charge in [0.25, 0.3) is 5.69 Å². The maximum absolute atomic E-state index is 11.0. The summed E-state index contributed by atoms with van der Waals surface area (Å²) in [7, 11) is 1.43. The van der Waals surface area contributed by atoms with Gasteiger partial charge in [-0.25, -0.2) is 0 Å². The highest BCUT2D eigenvalue weighted by atomic mass is 16.6. The van der Waals surface area contributed by atoms with Crippen molar-refractivity contribution in [3.63, 3.8) is 0 Å². The van der Waals surface area contributed by atoms with Crippen LogP contribution in [0, 0.1) is 17.0 Å². The van der Waals surface area contributed by atoms with Crippen LogP contribution >= 0.6 is 0 Å². The molecule has 0 aliphatic heterocycles. The average Bonchev–Trinajstić information content (AvgIpc) is 2.39. The van der Waals surface area contributed by atoms with Crippen LogP contribution < -0.4 is 4.74 Å². The quantitative estimate of drug-likeness (QED) is 0.591. The molecule has 2 rings (SSSR count). The second-order valence-electron chi connectivity index (χ2n) is 3.41. The third-order valence-corrected chi connectivity index (χ3v) is 2.22. The van der Waals surface area contributed by atoms with Gasteiger partial charge in [0.2, 0.25) is 5.82 Å². The SMILES string of the molecule is COc1ccc(-c2nnc(C)nn2)c([N+](=O)[O-])c1. The van der Waals surface area contributed by atoms with E-state index in [-0.39, 0.29) is 17.1 Å². The number of nitrogens with zero attached hydrogens (tertiary/aromatic N) is 5. The lowest BCUT2D eigenvalue weighted by Crippen LogP contribution is -2.01. The fourth-order valence-corrected chi connectivity index (χ4v) is 1.37. The van der Waals surface area contributed by atoms with Gasteiger partial charge in [0.05, 0.1) is 18.1 Å². The molecule has 2 aromatic rings. The van der Waals surface area contributed by atoms with Gasteiger partial charge in [0.15, 0.2) is 5.82 Å². The Bertz CT molecular complexity index is 585. The molecule has 8 nitrogen and oxygen atoms in total. The van der Waals surface area contributed by atoms with E-state index in [0.717, 1.165) is 0 Å². The molecule has 0 bridgehead atoms. The molecule has 8 heteroatoms. The molecule has 0 atom stereocenters. The van der Waals surface area contributed by atoms with E-state index in [2.05, 4.69) is 20.4 Å². The Labute approximate surface area is 102 Å². The van der Waals surface area contributed by atoms with Gasteiger partial charge < -0.3 is 4.74 Å². The van der Waals surface area contributed by atoms with Gasteiger partial charge >= 0.3 is 0 Å². The van der Waals surface area contributed by atoms with Crippen molar-refractivity contribution in [2.75, 3.05) is 7.11 Å². The number of ether oxygens (including phenoxy) is 1. The summed E-state index contributed by atoms with van der Waals surface area (Å²) < 4.78 is 4.94. The molecule has 92 valence electrons. The number of methoxy groups -OCH3 is 1. The van der Waals surface area contributed by atoms with E-state index in [4.69, 9.17) is 4.74 Å². The Morgan fingerprint density at radius 1 is 1.22 bits per heavy atom. The average molecular weight is 247 g/mol. The highest BCUT2D eigenvalue weighted by Crippen LogP contribution is 2.30. The highest BCUT2D eigenvalue weighted by molar-refractivity contribution is 5.68. The topological polar surface area (TPSA) is 104 Å². The molecular weight excluding hydrogens is 238 g/mol. The number of rotatable bonds is 3. The minimum absolute atomic E-state index is 0.106. The standard InChI is InChI=1S/C10H9N5O3/c1-6-11-13-10(14-12-6)8-4-3-7(18-2)5-9(8)15(16)17/h3-5H,1-2H3. The zero-order valence-electron chi connectivity index (χ0n) is 9.69. The van der Waals surface area contributed by atoms with Gasteiger partial charge in [-0.05, 0) is 19.1 Å². The minimum Gasteiger partial charge on any atom is -0.497 e. The maximum Gasteiger partial charge on any atom is 0.284 e. The number of aromatic nitrogens is 4. The van der Waals surface area contributed by atoms with E-state index in [0.29, 0.717) is 11.6 Å². The van der Waals surface area contributed by atoms with Crippen LogP contribution in [0.4, 0.5) is 5.69 Å². The van der Waals surface area contributed by atoms with Gasteiger partial charge in [-0.3, -0.25) is 10.1 Å². The number of hydrogen-bond donors (Lipinski definition) is 0. The molecule has 1 aromatic carbocycles. The molecule has 0 radical (unpaired) electrons. The molecule has 18 heavy (non-hydrogen) atoms. The molecule has 0 unspecified atom stereocenters. The van der Waals surface area contributed by atoms with E-state index in [9.17, 15) is 10.1 Å². The van der Waals surface area contributed by atoms with Gasteiger partial charge in [0, 0.05) is 0 Å². The van der Waals surface area contributed by atoms with Crippen molar-refractivity contribution in [2.24, 2.45) is 0 Å². The molecule has 0 fully saturated rings. The number of aryl methyl sites for hydroxylation is 1. The van der Waals surface area contributed by atoms with Crippen LogP contribution in [0.25, 0.3) is 11.4 Å². The molecule has 1 aromatic heterocycles. The van der Waals surface area contributed by atoms with Crippen LogP contribution in [0.3, 0.4) is 0 Å². The third-order valence-electron chi connectivity index (χ3n) is 2.22. The van der Waals surface area contributed by atoms with Crippen molar-refractivity contribution in [3.8, 4) is 17.1 Å². The van der Waals surface area contributed by atoms with Gasteiger partial charge in [0.1, 0.15) is 11.3 Å². The first kappa shape index (κ1) is 11.8.